The first kappa shape index (κ1) is 36.0. The molecule has 1 fully saturated rings. The van der Waals surface area contributed by atoms with E-state index in [1.54, 1.807) is 0 Å². The van der Waals surface area contributed by atoms with E-state index in [0.29, 0.717) is 5.92 Å². The van der Waals surface area contributed by atoms with Gasteiger partial charge in [-0.1, -0.05) is 141 Å². The zero-order valence-corrected chi connectivity index (χ0v) is 34.8. The third-order valence-electron chi connectivity index (χ3n) is 13.2. The van der Waals surface area contributed by atoms with Gasteiger partial charge in [-0.05, 0) is 120 Å². The van der Waals surface area contributed by atoms with Gasteiger partial charge < -0.3 is 14.7 Å². The summed E-state index contributed by atoms with van der Waals surface area (Å²) in [5.41, 5.74) is 17.5. The minimum atomic E-state index is 0.0899. The van der Waals surface area contributed by atoms with Crippen LogP contribution in [-0.4, -0.2) is 0 Å². The van der Waals surface area contributed by atoms with Crippen molar-refractivity contribution >= 4 is 72.6 Å². The average Bonchev–Trinajstić information content (AvgIpc) is 3.72. The minimum Gasteiger partial charge on any atom is -0.310 e. The maximum Gasteiger partial charge on any atom is 0.0689 e. The predicted octanol–water partition coefficient (Wildman–Crippen LogP) is 16.8. The quantitative estimate of drug-likeness (QED) is 0.159. The van der Waals surface area contributed by atoms with Crippen LogP contribution in [0.2, 0.25) is 0 Å². The van der Waals surface area contributed by atoms with Crippen LogP contribution in [0.15, 0.2) is 200 Å². The molecule has 294 valence electrons. The van der Waals surface area contributed by atoms with Crippen molar-refractivity contribution in [1.29, 1.82) is 0 Å². The van der Waals surface area contributed by atoms with Crippen molar-refractivity contribution in [2.24, 2.45) is 0 Å². The van der Waals surface area contributed by atoms with Crippen LogP contribution in [0, 0.1) is 0 Å². The Morgan fingerprint density at radius 2 is 1.05 bits per heavy atom. The van der Waals surface area contributed by atoms with Gasteiger partial charge in [0.05, 0.1) is 28.7 Å². The molecule has 2 aliphatic heterocycles. The molecular weight excluding hydrogens is 759 g/mol. The Labute approximate surface area is 362 Å². The fraction of sp³-hybridized carbons (Fsp3) is 0.123. The highest BCUT2D eigenvalue weighted by atomic mass is 32.1. The monoisotopic (exact) mass is 803 g/mol. The average molecular weight is 804 g/mol. The van der Waals surface area contributed by atoms with Crippen LogP contribution in [0.3, 0.4) is 0 Å². The van der Waals surface area contributed by atoms with Gasteiger partial charge in [-0.3, -0.25) is 0 Å². The molecule has 0 bridgehead atoms. The lowest BCUT2D eigenvalue weighted by atomic mass is 9.76. The van der Waals surface area contributed by atoms with E-state index in [-0.39, 0.29) is 5.92 Å². The van der Waals surface area contributed by atoms with E-state index in [4.69, 9.17) is 0 Å². The molecule has 1 unspecified atom stereocenters. The molecular formula is C57H45N3S. The summed E-state index contributed by atoms with van der Waals surface area (Å²) in [4.78, 5) is 9.01. The van der Waals surface area contributed by atoms with Crippen LogP contribution in [-0.2, 0) is 0 Å². The van der Waals surface area contributed by atoms with Crippen molar-refractivity contribution in [3.05, 3.63) is 222 Å². The number of hydrogen-bond acceptors (Lipinski definition) is 4. The van der Waals surface area contributed by atoms with Gasteiger partial charge in [-0.25, -0.2) is 0 Å². The highest BCUT2D eigenvalue weighted by Crippen LogP contribution is 2.64. The first-order valence-electron chi connectivity index (χ1n) is 21.8. The van der Waals surface area contributed by atoms with E-state index in [1.807, 2.05) is 11.3 Å². The van der Waals surface area contributed by atoms with Gasteiger partial charge in [0.25, 0.3) is 0 Å². The molecule has 1 saturated carbocycles. The lowest BCUT2D eigenvalue weighted by Crippen LogP contribution is -2.29. The lowest BCUT2D eigenvalue weighted by molar-refractivity contribution is 0.443. The van der Waals surface area contributed by atoms with E-state index in [0.717, 1.165) is 22.7 Å². The van der Waals surface area contributed by atoms with E-state index < -0.39 is 0 Å². The van der Waals surface area contributed by atoms with Crippen LogP contribution in [0.1, 0.15) is 65.5 Å². The normalized spacial score (nSPS) is 15.6. The van der Waals surface area contributed by atoms with E-state index in [9.17, 15) is 0 Å². The highest BCUT2D eigenvalue weighted by Gasteiger charge is 2.43. The summed E-state index contributed by atoms with van der Waals surface area (Å²) in [6.07, 6.45) is 6.35. The van der Waals surface area contributed by atoms with Gasteiger partial charge in [0.2, 0.25) is 0 Å². The van der Waals surface area contributed by atoms with Gasteiger partial charge >= 0.3 is 0 Å². The van der Waals surface area contributed by atoms with Crippen LogP contribution in [0.25, 0.3) is 21.2 Å². The molecule has 0 saturated heterocycles. The zero-order chi connectivity index (χ0) is 40.3. The van der Waals surface area contributed by atoms with E-state index in [1.165, 1.54) is 103 Å². The maximum atomic E-state index is 2.64. The summed E-state index contributed by atoms with van der Waals surface area (Å²) in [7, 11) is 0. The second-order valence-corrected chi connectivity index (χ2v) is 17.8. The molecule has 1 aromatic heterocycles. The molecule has 9 aromatic rings. The Hall–Kier alpha value is -6.88. The zero-order valence-electron chi connectivity index (χ0n) is 34.0. The molecule has 3 aliphatic rings. The van der Waals surface area contributed by atoms with Crippen molar-refractivity contribution in [3.8, 4) is 11.1 Å². The minimum absolute atomic E-state index is 0.0899. The number of para-hydroxylation sites is 3. The molecule has 4 heteroatoms. The van der Waals surface area contributed by atoms with Crippen LogP contribution >= 0.6 is 11.3 Å². The van der Waals surface area contributed by atoms with Crippen LogP contribution in [0.4, 0.5) is 51.2 Å². The standard InChI is InChI=1S/C57H45N3S/c1-5-19-39(20-6-1)41-23-17-28-45(35-41)60-52-37-42(40-21-7-2-8-22-40)36-51-55(52)54(57-56(60)49-32-14-16-34-53(49)61-57)48-31-13-15-33-50(48)59(51)47-30-18-29-46(38-47)58(43-24-9-3-10-25-43)44-26-11-4-12-27-44/h1,3-6,9-20,23-38,40,54H,2,7-8,21-22H2. The van der Waals surface area contributed by atoms with E-state index in [2.05, 4.69) is 215 Å². The van der Waals surface area contributed by atoms with Crippen molar-refractivity contribution in [2.45, 2.75) is 43.9 Å². The Morgan fingerprint density at radius 3 is 1.80 bits per heavy atom. The van der Waals surface area contributed by atoms with Crippen LogP contribution < -0.4 is 14.7 Å². The molecule has 61 heavy (non-hydrogen) atoms. The second kappa shape index (κ2) is 15.0. The number of rotatable bonds is 7. The maximum absolute atomic E-state index is 2.64. The lowest BCUT2D eigenvalue weighted by Gasteiger charge is -2.45. The predicted molar refractivity (Wildman–Crippen MR) is 258 cm³/mol. The largest absolute Gasteiger partial charge is 0.310 e. The molecule has 1 atom stereocenters. The first-order chi connectivity index (χ1) is 30.3. The topological polar surface area (TPSA) is 9.72 Å². The van der Waals surface area contributed by atoms with Gasteiger partial charge in [0, 0.05) is 49.0 Å². The SMILES string of the molecule is c1ccc(-c2cccc(N3c4cc(C5CCCCC5)cc5c4C(c4ccccc4N5c4cccc(N(c5ccccc5)c5ccccc5)c4)c4sc5ccccc5c43)c2)cc1. The van der Waals surface area contributed by atoms with Gasteiger partial charge in [0.1, 0.15) is 0 Å². The first-order valence-corrected chi connectivity index (χ1v) is 22.6. The summed E-state index contributed by atoms with van der Waals surface area (Å²) >= 11 is 1.97. The Bertz CT molecular complexity index is 3000. The number of thiophene rings is 1. The fourth-order valence-corrected chi connectivity index (χ4v) is 11.8. The summed E-state index contributed by atoms with van der Waals surface area (Å²) < 4.78 is 1.33. The van der Waals surface area contributed by atoms with E-state index >= 15 is 0 Å². The van der Waals surface area contributed by atoms with Crippen LogP contribution in [0.5, 0.6) is 0 Å². The fourth-order valence-electron chi connectivity index (χ4n) is 10.4. The number of fused-ring (bicyclic) bond motifs is 6. The second-order valence-electron chi connectivity index (χ2n) is 16.7. The number of hydrogen-bond donors (Lipinski definition) is 0. The van der Waals surface area contributed by atoms with Crippen molar-refractivity contribution in [2.75, 3.05) is 14.7 Å². The smallest absolute Gasteiger partial charge is 0.0689 e. The third kappa shape index (κ3) is 6.08. The van der Waals surface area contributed by atoms with Gasteiger partial charge in [-0.2, -0.15) is 0 Å². The van der Waals surface area contributed by atoms with Crippen molar-refractivity contribution in [1.82, 2.24) is 0 Å². The third-order valence-corrected chi connectivity index (χ3v) is 14.4. The summed E-state index contributed by atoms with van der Waals surface area (Å²) in [6, 6.07) is 74.2. The summed E-state index contributed by atoms with van der Waals surface area (Å²) in [5, 5.41) is 1.32. The van der Waals surface area contributed by atoms with Gasteiger partial charge in [-0.15, -0.1) is 11.3 Å². The molecule has 0 N–H and O–H groups in total. The molecule has 0 amide bonds. The molecule has 12 rings (SSSR count). The molecule has 3 heterocycles. The van der Waals surface area contributed by atoms with Crippen molar-refractivity contribution in [3.63, 3.8) is 0 Å². The van der Waals surface area contributed by atoms with Crippen molar-refractivity contribution < 1.29 is 0 Å². The summed E-state index contributed by atoms with van der Waals surface area (Å²) in [5.74, 6) is 0.607. The van der Waals surface area contributed by atoms with Gasteiger partial charge in [0.15, 0.2) is 0 Å². The number of benzene rings is 8. The summed E-state index contributed by atoms with van der Waals surface area (Å²) in [6.45, 7) is 0. The Kier molecular flexibility index (Phi) is 8.85. The molecule has 3 nitrogen and oxygen atoms in total. The Morgan fingerprint density at radius 1 is 0.459 bits per heavy atom. The highest BCUT2D eigenvalue weighted by molar-refractivity contribution is 7.20. The molecule has 8 aromatic carbocycles. The number of anilines is 9. The molecule has 1 aliphatic carbocycles. The number of nitrogens with zero attached hydrogens (tertiary/aromatic N) is 3. The Balaban J connectivity index is 1.13. The molecule has 0 radical (unpaired) electrons. The molecule has 0 spiro atoms.